The van der Waals surface area contributed by atoms with Gasteiger partial charge in [0.15, 0.2) is 0 Å². The first-order valence-corrected chi connectivity index (χ1v) is 35.9. The maximum Gasteiger partial charge on any atom is 0.119 e. The molecule has 0 amide bonds. The summed E-state index contributed by atoms with van der Waals surface area (Å²) in [5.74, 6) is 3.76. The summed E-state index contributed by atoms with van der Waals surface area (Å²) in [5.41, 5.74) is 9.66. The lowest BCUT2D eigenvalue weighted by molar-refractivity contribution is 0.304. The van der Waals surface area contributed by atoms with Crippen molar-refractivity contribution in [2.24, 2.45) is 0 Å². The summed E-state index contributed by atoms with van der Waals surface area (Å²) in [5, 5.41) is 17.1. The summed E-state index contributed by atoms with van der Waals surface area (Å²) in [6.45, 7) is 12.1. The van der Waals surface area contributed by atoms with E-state index in [-0.39, 0.29) is 0 Å². The Balaban J connectivity index is 0.969. The number of unbranched alkanes of at least 4 members (excludes halogenated alkanes) is 20. The van der Waals surface area contributed by atoms with Gasteiger partial charge in [0.1, 0.15) is 23.0 Å². The van der Waals surface area contributed by atoms with Crippen LogP contribution >= 0.6 is 0 Å². The summed E-state index contributed by atoms with van der Waals surface area (Å²) < 4.78 is 25.5. The zero-order valence-electron chi connectivity index (χ0n) is 55.8. The quantitative estimate of drug-likeness (QED) is 0.0290. The van der Waals surface area contributed by atoms with Crippen molar-refractivity contribution in [1.82, 2.24) is 0 Å². The summed E-state index contributed by atoms with van der Waals surface area (Å²) in [6.07, 6.45) is 29.9. The van der Waals surface area contributed by atoms with Crippen molar-refractivity contribution in [2.75, 3.05) is 26.4 Å². The average molecular weight is 1220 g/mol. The van der Waals surface area contributed by atoms with E-state index in [4.69, 9.17) is 18.9 Å². The predicted octanol–water partition coefficient (Wildman–Crippen LogP) is 26.8. The molecule has 474 valence electrons. The minimum atomic E-state index is 0.751. The standard InChI is InChI=1S/C88H98O4/c1-5-9-13-17-21-25-49-89-75-41-37-63-53-71(33-29-67(63)57-75)83-61-84(72-34-30-68-58-76(42-38-64(68)54-72)90-50-26-22-18-14-10-6-2)80-47-48-82-86(74-36-32-70-60-78(44-40-66(70)56-74)92-52-28-24-20-16-12-8-4)62-85(81-46-45-79(83)87(80)88(81)82)73-35-31-69-59-77(43-39-65(69)55-73)91-51-27-23-19-15-11-7-3/h29-48,53-62H,5-28,49-52H2,1-4H3. The van der Waals surface area contributed by atoms with E-state index >= 15 is 0 Å². The van der Waals surface area contributed by atoms with Crippen LogP contribution in [-0.2, 0) is 0 Å². The number of rotatable bonds is 36. The molecule has 0 fully saturated rings. The van der Waals surface area contributed by atoms with Crippen molar-refractivity contribution >= 4 is 75.4 Å². The molecule has 12 aromatic rings. The van der Waals surface area contributed by atoms with Gasteiger partial charge in [-0.3, -0.25) is 0 Å². The van der Waals surface area contributed by atoms with Crippen LogP contribution < -0.4 is 18.9 Å². The van der Waals surface area contributed by atoms with Crippen LogP contribution in [0.1, 0.15) is 182 Å². The Kier molecular flexibility index (Phi) is 22.3. The summed E-state index contributed by atoms with van der Waals surface area (Å²) in [7, 11) is 0. The number of fused-ring (bicyclic) bond motifs is 4. The Morgan fingerprint density at radius 2 is 0.402 bits per heavy atom. The molecule has 0 aliphatic rings. The Morgan fingerprint density at radius 1 is 0.196 bits per heavy atom. The van der Waals surface area contributed by atoms with Crippen LogP contribution in [-0.4, -0.2) is 26.4 Å². The molecule has 0 unspecified atom stereocenters. The maximum absolute atomic E-state index is 6.37. The van der Waals surface area contributed by atoms with Crippen LogP contribution in [0, 0.1) is 0 Å². The SMILES string of the molecule is CCCCCCCCOc1ccc2cc(-c3cc(-c4ccc5cc(OCCCCCCCC)ccc5c4)c4ccc5c(-c6ccc7cc(OCCCCCCCC)ccc7c6)cc(-c6ccc7cc(OCCCCCCCC)ccc7c6)c6ccc3c4c65)ccc2c1. The molecule has 0 saturated heterocycles. The molecule has 12 aromatic carbocycles. The summed E-state index contributed by atoms with van der Waals surface area (Å²) in [4.78, 5) is 0. The molecule has 12 rings (SSSR count). The second-order valence-electron chi connectivity index (χ2n) is 26.4. The fraction of sp³-hybridized carbons (Fsp3) is 0.364. The highest BCUT2D eigenvalue weighted by atomic mass is 16.5. The molecule has 0 aromatic heterocycles. The van der Waals surface area contributed by atoms with Gasteiger partial charge in [-0.15, -0.1) is 0 Å². The van der Waals surface area contributed by atoms with E-state index in [2.05, 4.69) is 210 Å². The van der Waals surface area contributed by atoms with Gasteiger partial charge < -0.3 is 18.9 Å². The second kappa shape index (κ2) is 32.0. The van der Waals surface area contributed by atoms with Gasteiger partial charge in [-0.05, 0) is 231 Å². The number of hydrogen-bond acceptors (Lipinski definition) is 4. The largest absolute Gasteiger partial charge is 0.494 e. The first-order valence-electron chi connectivity index (χ1n) is 35.9. The molecule has 0 aliphatic carbocycles. The highest BCUT2D eigenvalue weighted by Gasteiger charge is 2.22. The molecule has 92 heavy (non-hydrogen) atoms. The van der Waals surface area contributed by atoms with Gasteiger partial charge in [0, 0.05) is 0 Å². The lowest BCUT2D eigenvalue weighted by Gasteiger charge is -2.22. The third-order valence-electron chi connectivity index (χ3n) is 19.5. The minimum absolute atomic E-state index is 0.751. The van der Waals surface area contributed by atoms with Crippen molar-refractivity contribution < 1.29 is 18.9 Å². The minimum Gasteiger partial charge on any atom is -0.494 e. The summed E-state index contributed by atoms with van der Waals surface area (Å²) in [6, 6.07) is 69.3. The Labute approximate surface area is 549 Å². The maximum atomic E-state index is 6.37. The van der Waals surface area contributed by atoms with E-state index in [1.807, 2.05) is 0 Å². The van der Waals surface area contributed by atoms with E-state index in [0.717, 1.165) is 75.1 Å². The van der Waals surface area contributed by atoms with Crippen molar-refractivity contribution in [1.29, 1.82) is 0 Å². The van der Waals surface area contributed by atoms with Crippen LogP contribution in [0.4, 0.5) is 0 Å². The normalized spacial score (nSPS) is 11.8. The van der Waals surface area contributed by atoms with E-state index in [1.165, 1.54) is 248 Å². The molecule has 0 bridgehead atoms. The molecule has 0 spiro atoms. The highest BCUT2D eigenvalue weighted by Crippen LogP contribution is 2.50. The van der Waals surface area contributed by atoms with Gasteiger partial charge in [-0.1, -0.05) is 253 Å². The monoisotopic (exact) mass is 1220 g/mol. The zero-order chi connectivity index (χ0) is 62.9. The van der Waals surface area contributed by atoms with E-state index in [9.17, 15) is 0 Å². The van der Waals surface area contributed by atoms with Gasteiger partial charge in [0.05, 0.1) is 26.4 Å². The van der Waals surface area contributed by atoms with Gasteiger partial charge in [-0.2, -0.15) is 0 Å². The predicted molar refractivity (Wildman–Crippen MR) is 397 cm³/mol. The molecule has 0 atom stereocenters. The van der Waals surface area contributed by atoms with Crippen molar-refractivity contribution in [3.05, 3.63) is 182 Å². The third kappa shape index (κ3) is 15.5. The van der Waals surface area contributed by atoms with E-state index in [0.29, 0.717) is 0 Å². The molecule has 0 heterocycles. The zero-order valence-corrected chi connectivity index (χ0v) is 55.8. The second-order valence-corrected chi connectivity index (χ2v) is 26.4. The lowest BCUT2D eigenvalue weighted by atomic mass is 9.81. The van der Waals surface area contributed by atoms with Gasteiger partial charge in [0.2, 0.25) is 0 Å². The molecular formula is C88H98O4. The Morgan fingerprint density at radius 3 is 0.641 bits per heavy atom. The summed E-state index contributed by atoms with van der Waals surface area (Å²) >= 11 is 0. The topological polar surface area (TPSA) is 36.9 Å². The molecule has 0 saturated carbocycles. The van der Waals surface area contributed by atoms with Crippen molar-refractivity contribution in [2.45, 2.75) is 182 Å². The van der Waals surface area contributed by atoms with Crippen LogP contribution in [0.15, 0.2) is 182 Å². The fourth-order valence-corrected chi connectivity index (χ4v) is 14.2. The van der Waals surface area contributed by atoms with Gasteiger partial charge >= 0.3 is 0 Å². The Bertz CT molecular complexity index is 3830. The smallest absolute Gasteiger partial charge is 0.119 e. The molecular weight excluding hydrogens is 1120 g/mol. The lowest BCUT2D eigenvalue weighted by Crippen LogP contribution is -1.97. The molecule has 4 nitrogen and oxygen atoms in total. The number of benzene rings is 12. The molecule has 0 N–H and O–H groups in total. The number of ether oxygens (including phenoxy) is 4. The fourth-order valence-electron chi connectivity index (χ4n) is 14.2. The highest BCUT2D eigenvalue weighted by molar-refractivity contribution is 6.32. The van der Waals surface area contributed by atoms with Gasteiger partial charge in [-0.25, -0.2) is 0 Å². The average Bonchev–Trinajstić information content (AvgIpc) is 0.708. The van der Waals surface area contributed by atoms with Crippen molar-refractivity contribution in [3.63, 3.8) is 0 Å². The molecule has 4 heteroatoms. The number of hydrogen-bond donors (Lipinski definition) is 0. The van der Waals surface area contributed by atoms with Crippen LogP contribution in [0.2, 0.25) is 0 Å². The third-order valence-corrected chi connectivity index (χ3v) is 19.5. The molecule has 0 radical (unpaired) electrons. The van der Waals surface area contributed by atoms with Crippen LogP contribution in [0.5, 0.6) is 23.0 Å². The first kappa shape index (κ1) is 64.0. The van der Waals surface area contributed by atoms with Crippen LogP contribution in [0.3, 0.4) is 0 Å². The first-order chi connectivity index (χ1) is 45.5. The van der Waals surface area contributed by atoms with Crippen molar-refractivity contribution in [3.8, 4) is 67.5 Å². The van der Waals surface area contributed by atoms with Crippen LogP contribution in [0.25, 0.3) is 120 Å². The molecule has 0 aliphatic heterocycles. The van der Waals surface area contributed by atoms with Gasteiger partial charge in [0.25, 0.3) is 0 Å². The van der Waals surface area contributed by atoms with E-state index in [1.54, 1.807) is 0 Å². The van der Waals surface area contributed by atoms with E-state index < -0.39 is 0 Å². The Hall–Kier alpha value is -8.08.